The number of amides is 3. The summed E-state index contributed by atoms with van der Waals surface area (Å²) in [6.07, 6.45) is 1.34. The molecule has 26 heavy (non-hydrogen) atoms. The van der Waals surface area contributed by atoms with Crippen molar-refractivity contribution in [1.29, 1.82) is 0 Å². The van der Waals surface area contributed by atoms with E-state index in [1.54, 1.807) is 56.5 Å². The van der Waals surface area contributed by atoms with E-state index in [2.05, 4.69) is 10.4 Å². The van der Waals surface area contributed by atoms with Crippen molar-refractivity contribution in [2.75, 3.05) is 7.11 Å². The van der Waals surface area contributed by atoms with Crippen molar-refractivity contribution >= 4 is 41.4 Å². The third-order valence-electron chi connectivity index (χ3n) is 4.11. The number of methoxy groups -OCH3 is 1. The number of ether oxygens (including phenoxy) is 1. The van der Waals surface area contributed by atoms with Crippen LogP contribution in [0.25, 0.3) is 0 Å². The highest BCUT2D eigenvalue weighted by Crippen LogP contribution is 2.30. The molecule has 0 saturated carbocycles. The number of carbonyl (C=O) groups excluding carboxylic acids is 2. The van der Waals surface area contributed by atoms with Gasteiger partial charge in [-0.1, -0.05) is 41.4 Å². The van der Waals surface area contributed by atoms with E-state index in [0.29, 0.717) is 26.9 Å². The van der Waals surface area contributed by atoms with Crippen LogP contribution in [0.4, 0.5) is 4.79 Å². The molecule has 6 nitrogen and oxygen atoms in total. The number of carbonyl (C=O) groups is 2. The molecule has 134 valence electrons. The standard InChI is InChI=1S/C18H15Cl2N3O3/c1-18(12-4-7-14(26-2)8-5-12)16(24)23(17(25)22-18)21-10-11-3-6-13(19)9-15(11)20/h3-10H,1-2H3,(H,22,25)/b21-10-/t18-/m0/s1. The zero-order valence-electron chi connectivity index (χ0n) is 14.0. The molecular formula is C18H15Cl2N3O3. The number of imide groups is 1. The Morgan fingerprint density at radius 2 is 1.85 bits per heavy atom. The molecule has 1 heterocycles. The van der Waals surface area contributed by atoms with Gasteiger partial charge in [0, 0.05) is 10.6 Å². The lowest BCUT2D eigenvalue weighted by Crippen LogP contribution is -2.40. The second-order valence-electron chi connectivity index (χ2n) is 5.81. The molecular weight excluding hydrogens is 377 g/mol. The van der Waals surface area contributed by atoms with Crippen molar-refractivity contribution in [2.45, 2.75) is 12.5 Å². The lowest BCUT2D eigenvalue weighted by atomic mass is 9.92. The smallest absolute Gasteiger partial charge is 0.346 e. The summed E-state index contributed by atoms with van der Waals surface area (Å²) >= 11 is 11.9. The van der Waals surface area contributed by atoms with Crippen molar-refractivity contribution in [1.82, 2.24) is 10.3 Å². The molecule has 3 amide bonds. The third-order valence-corrected chi connectivity index (χ3v) is 4.67. The SMILES string of the molecule is COc1ccc([C@]2(C)NC(=O)N(/N=C\c3ccc(Cl)cc3Cl)C2=O)cc1. The molecule has 0 aliphatic carbocycles. The maximum absolute atomic E-state index is 12.8. The van der Waals surface area contributed by atoms with Gasteiger partial charge in [-0.2, -0.15) is 5.10 Å². The molecule has 0 bridgehead atoms. The van der Waals surface area contributed by atoms with Crippen LogP contribution in [0, 0.1) is 0 Å². The molecule has 2 aromatic rings. The first-order valence-electron chi connectivity index (χ1n) is 7.65. The first-order chi connectivity index (χ1) is 12.3. The van der Waals surface area contributed by atoms with Gasteiger partial charge >= 0.3 is 6.03 Å². The van der Waals surface area contributed by atoms with Gasteiger partial charge in [-0.15, -0.1) is 5.01 Å². The summed E-state index contributed by atoms with van der Waals surface area (Å²) < 4.78 is 5.11. The highest BCUT2D eigenvalue weighted by atomic mass is 35.5. The Bertz CT molecular complexity index is 899. The van der Waals surface area contributed by atoms with Gasteiger partial charge in [-0.3, -0.25) is 4.79 Å². The summed E-state index contributed by atoms with van der Waals surface area (Å²) in [6.45, 7) is 1.62. The van der Waals surface area contributed by atoms with Gasteiger partial charge in [0.05, 0.1) is 18.3 Å². The molecule has 1 atom stereocenters. The molecule has 1 aliphatic heterocycles. The average Bonchev–Trinajstić information content (AvgIpc) is 2.84. The Kier molecular flexibility index (Phi) is 4.89. The van der Waals surface area contributed by atoms with E-state index in [-0.39, 0.29) is 0 Å². The van der Waals surface area contributed by atoms with Crippen molar-refractivity contribution < 1.29 is 14.3 Å². The first-order valence-corrected chi connectivity index (χ1v) is 8.41. The summed E-state index contributed by atoms with van der Waals surface area (Å²) in [5.74, 6) is 0.162. The van der Waals surface area contributed by atoms with Crippen LogP contribution >= 0.6 is 23.2 Å². The summed E-state index contributed by atoms with van der Waals surface area (Å²) in [5.41, 5.74) is -0.0570. The van der Waals surface area contributed by atoms with E-state index in [1.165, 1.54) is 6.21 Å². The third kappa shape index (κ3) is 3.25. The second kappa shape index (κ2) is 6.97. The van der Waals surface area contributed by atoms with E-state index in [9.17, 15) is 9.59 Å². The molecule has 0 unspecified atom stereocenters. The van der Waals surface area contributed by atoms with Crippen LogP contribution in [-0.2, 0) is 10.3 Å². The molecule has 0 radical (unpaired) electrons. The van der Waals surface area contributed by atoms with E-state index in [1.807, 2.05) is 0 Å². The fraction of sp³-hybridized carbons (Fsp3) is 0.167. The lowest BCUT2D eigenvalue weighted by Gasteiger charge is -2.21. The number of nitrogens with one attached hydrogen (secondary N) is 1. The van der Waals surface area contributed by atoms with E-state index in [4.69, 9.17) is 27.9 Å². The van der Waals surface area contributed by atoms with Crippen LogP contribution in [0.3, 0.4) is 0 Å². The zero-order valence-corrected chi connectivity index (χ0v) is 15.5. The number of hydrogen-bond donors (Lipinski definition) is 1. The molecule has 1 aliphatic rings. The van der Waals surface area contributed by atoms with Crippen LogP contribution < -0.4 is 10.1 Å². The minimum atomic E-state index is -1.22. The van der Waals surface area contributed by atoms with Crippen LogP contribution in [-0.4, -0.2) is 30.3 Å². The van der Waals surface area contributed by atoms with Gasteiger partial charge in [0.1, 0.15) is 11.3 Å². The largest absolute Gasteiger partial charge is 0.497 e. The topological polar surface area (TPSA) is 71.0 Å². The molecule has 1 N–H and O–H groups in total. The molecule has 8 heteroatoms. The molecule has 0 spiro atoms. The highest BCUT2D eigenvalue weighted by Gasteiger charge is 2.49. The fourth-order valence-electron chi connectivity index (χ4n) is 2.58. The van der Waals surface area contributed by atoms with Gasteiger partial charge in [-0.25, -0.2) is 4.79 Å². The predicted octanol–water partition coefficient (Wildman–Crippen LogP) is 3.80. The molecule has 2 aromatic carbocycles. The average molecular weight is 392 g/mol. The number of benzene rings is 2. The lowest BCUT2D eigenvalue weighted by molar-refractivity contribution is -0.131. The Labute approximate surface area is 160 Å². The summed E-state index contributed by atoms with van der Waals surface area (Å²) in [7, 11) is 1.55. The summed E-state index contributed by atoms with van der Waals surface area (Å²) in [6, 6.07) is 11.1. The number of hydrazone groups is 1. The van der Waals surface area contributed by atoms with Crippen LogP contribution in [0.1, 0.15) is 18.1 Å². The Morgan fingerprint density at radius 3 is 2.46 bits per heavy atom. The zero-order chi connectivity index (χ0) is 18.9. The summed E-state index contributed by atoms with van der Waals surface area (Å²) in [5, 5.41) is 8.30. The number of urea groups is 1. The van der Waals surface area contributed by atoms with Crippen molar-refractivity contribution in [3.8, 4) is 5.75 Å². The van der Waals surface area contributed by atoms with Gasteiger partial charge in [-0.05, 0) is 36.8 Å². The number of nitrogens with zero attached hydrogens (tertiary/aromatic N) is 2. The minimum Gasteiger partial charge on any atom is -0.497 e. The number of hydrogen-bond acceptors (Lipinski definition) is 4. The maximum Gasteiger partial charge on any atom is 0.346 e. The normalized spacial score (nSPS) is 19.9. The quantitative estimate of drug-likeness (QED) is 0.636. The number of halogens is 2. The van der Waals surface area contributed by atoms with Gasteiger partial charge in [0.25, 0.3) is 5.91 Å². The van der Waals surface area contributed by atoms with E-state index in [0.717, 1.165) is 5.01 Å². The van der Waals surface area contributed by atoms with Crippen LogP contribution in [0.5, 0.6) is 5.75 Å². The Hall–Kier alpha value is -2.57. The van der Waals surface area contributed by atoms with Gasteiger partial charge in [0.2, 0.25) is 0 Å². The highest BCUT2D eigenvalue weighted by molar-refractivity contribution is 6.36. The number of rotatable bonds is 4. The molecule has 1 saturated heterocycles. The molecule has 1 fully saturated rings. The van der Waals surface area contributed by atoms with Crippen molar-refractivity contribution in [2.24, 2.45) is 5.10 Å². The monoisotopic (exact) mass is 391 g/mol. The van der Waals surface area contributed by atoms with Gasteiger partial charge in [0.15, 0.2) is 0 Å². The maximum atomic E-state index is 12.8. The second-order valence-corrected chi connectivity index (χ2v) is 6.65. The Balaban J connectivity index is 1.87. The minimum absolute atomic E-state index is 0.367. The van der Waals surface area contributed by atoms with E-state index >= 15 is 0 Å². The van der Waals surface area contributed by atoms with Crippen LogP contribution in [0.2, 0.25) is 10.0 Å². The molecule has 0 aromatic heterocycles. The Morgan fingerprint density at radius 1 is 1.15 bits per heavy atom. The van der Waals surface area contributed by atoms with Crippen molar-refractivity contribution in [3.05, 3.63) is 63.6 Å². The predicted molar refractivity (Wildman–Crippen MR) is 99.8 cm³/mol. The molecule has 3 rings (SSSR count). The van der Waals surface area contributed by atoms with Gasteiger partial charge < -0.3 is 10.1 Å². The van der Waals surface area contributed by atoms with Crippen LogP contribution in [0.15, 0.2) is 47.6 Å². The fourth-order valence-corrected chi connectivity index (χ4v) is 3.03. The van der Waals surface area contributed by atoms with E-state index < -0.39 is 17.5 Å². The first kappa shape index (κ1) is 18.2. The van der Waals surface area contributed by atoms with Crippen molar-refractivity contribution in [3.63, 3.8) is 0 Å². The summed E-state index contributed by atoms with van der Waals surface area (Å²) in [4.78, 5) is 25.1.